The van der Waals surface area contributed by atoms with Crippen LogP contribution in [0, 0.1) is 11.8 Å². The van der Waals surface area contributed by atoms with Crippen LogP contribution in [-0.2, 0) is 18.9 Å². The third kappa shape index (κ3) is 4.48. The van der Waals surface area contributed by atoms with Crippen molar-refractivity contribution in [3.63, 3.8) is 0 Å². The first-order valence-electron chi connectivity index (χ1n) is 10.7. The molecule has 7 unspecified atom stereocenters. The van der Waals surface area contributed by atoms with Crippen LogP contribution in [0.4, 0.5) is 4.79 Å². The van der Waals surface area contributed by atoms with Gasteiger partial charge in [-0.1, -0.05) is 0 Å². The SMILES string of the molecule is COC1CCC(NC(=O)N2CCC3CC(OC)C(OC)CC3[C@H]2C)CC1OC. The molecule has 0 bridgehead atoms. The summed E-state index contributed by atoms with van der Waals surface area (Å²) in [6.07, 6.45) is 6.10. The van der Waals surface area contributed by atoms with Gasteiger partial charge in [0, 0.05) is 47.1 Å². The third-order valence-corrected chi connectivity index (χ3v) is 7.44. The maximum Gasteiger partial charge on any atom is 0.317 e. The van der Waals surface area contributed by atoms with E-state index in [0.717, 1.165) is 45.1 Å². The number of urea groups is 1. The van der Waals surface area contributed by atoms with E-state index in [1.807, 2.05) is 4.90 Å². The lowest BCUT2D eigenvalue weighted by molar-refractivity contribution is -0.106. The van der Waals surface area contributed by atoms with Crippen molar-refractivity contribution < 1.29 is 23.7 Å². The summed E-state index contributed by atoms with van der Waals surface area (Å²) in [6.45, 7) is 3.00. The zero-order valence-corrected chi connectivity index (χ0v) is 18.1. The fourth-order valence-corrected chi connectivity index (χ4v) is 5.69. The van der Waals surface area contributed by atoms with Crippen molar-refractivity contribution in [1.82, 2.24) is 10.2 Å². The van der Waals surface area contributed by atoms with Crippen LogP contribution in [0.15, 0.2) is 0 Å². The van der Waals surface area contributed by atoms with Crippen LogP contribution in [0.3, 0.4) is 0 Å². The monoisotopic (exact) mass is 398 g/mol. The lowest BCUT2D eigenvalue weighted by atomic mass is 9.69. The number of piperidine rings is 1. The molecule has 1 aliphatic heterocycles. The molecule has 3 fully saturated rings. The highest BCUT2D eigenvalue weighted by Gasteiger charge is 2.45. The molecule has 1 heterocycles. The van der Waals surface area contributed by atoms with Crippen molar-refractivity contribution in [1.29, 1.82) is 0 Å². The van der Waals surface area contributed by atoms with E-state index in [0.29, 0.717) is 11.8 Å². The number of nitrogens with zero attached hydrogens (tertiary/aromatic N) is 1. The number of likely N-dealkylation sites (tertiary alicyclic amines) is 1. The Morgan fingerprint density at radius 1 is 0.821 bits per heavy atom. The van der Waals surface area contributed by atoms with Gasteiger partial charge in [0.2, 0.25) is 0 Å². The van der Waals surface area contributed by atoms with Gasteiger partial charge in [0.15, 0.2) is 0 Å². The Balaban J connectivity index is 1.58. The predicted octanol–water partition coefficient (Wildman–Crippen LogP) is 2.43. The van der Waals surface area contributed by atoms with Gasteiger partial charge in [-0.25, -0.2) is 4.79 Å². The van der Waals surface area contributed by atoms with Gasteiger partial charge in [0.25, 0.3) is 0 Å². The predicted molar refractivity (Wildman–Crippen MR) is 106 cm³/mol. The van der Waals surface area contributed by atoms with E-state index < -0.39 is 0 Å². The van der Waals surface area contributed by atoms with Crippen LogP contribution in [0.1, 0.15) is 45.4 Å². The molecule has 162 valence electrons. The molecule has 8 atom stereocenters. The summed E-state index contributed by atoms with van der Waals surface area (Å²) in [5.41, 5.74) is 0. The average molecular weight is 399 g/mol. The molecule has 1 saturated heterocycles. The molecule has 0 aromatic heterocycles. The van der Waals surface area contributed by atoms with Crippen molar-refractivity contribution in [2.24, 2.45) is 11.8 Å². The van der Waals surface area contributed by atoms with Crippen molar-refractivity contribution in [2.45, 2.75) is 81.9 Å². The molecule has 1 N–H and O–H groups in total. The number of carbonyl (C=O) groups is 1. The van der Waals surface area contributed by atoms with Gasteiger partial charge < -0.3 is 29.2 Å². The molecule has 0 aromatic rings. The van der Waals surface area contributed by atoms with Gasteiger partial charge in [0.1, 0.15) is 0 Å². The van der Waals surface area contributed by atoms with Crippen LogP contribution in [-0.4, -0.2) is 82.4 Å². The van der Waals surface area contributed by atoms with E-state index in [1.54, 1.807) is 28.4 Å². The average Bonchev–Trinajstić information content (AvgIpc) is 2.72. The van der Waals surface area contributed by atoms with Crippen LogP contribution in [0.25, 0.3) is 0 Å². The molecule has 0 radical (unpaired) electrons. The molecule has 2 aliphatic carbocycles. The molecule has 0 spiro atoms. The molecule has 3 aliphatic rings. The second-order valence-corrected chi connectivity index (χ2v) is 8.67. The summed E-state index contributed by atoms with van der Waals surface area (Å²) in [7, 11) is 6.98. The molecule has 0 aromatic carbocycles. The van der Waals surface area contributed by atoms with Crippen LogP contribution >= 0.6 is 0 Å². The highest BCUT2D eigenvalue weighted by Crippen LogP contribution is 2.41. The largest absolute Gasteiger partial charge is 0.379 e. The first-order valence-corrected chi connectivity index (χ1v) is 10.7. The minimum atomic E-state index is 0.0407. The molecule has 2 amide bonds. The third-order valence-electron chi connectivity index (χ3n) is 7.44. The van der Waals surface area contributed by atoms with E-state index in [2.05, 4.69) is 12.2 Å². The van der Waals surface area contributed by atoms with E-state index in [4.69, 9.17) is 18.9 Å². The molecule has 7 heteroatoms. The van der Waals surface area contributed by atoms with Gasteiger partial charge in [-0.3, -0.25) is 0 Å². The summed E-state index contributed by atoms with van der Waals surface area (Å²) >= 11 is 0. The zero-order chi connectivity index (χ0) is 20.3. The second kappa shape index (κ2) is 9.74. The summed E-state index contributed by atoms with van der Waals surface area (Å²) in [4.78, 5) is 15.1. The minimum absolute atomic E-state index is 0.0407. The van der Waals surface area contributed by atoms with E-state index in [1.165, 1.54) is 0 Å². The first kappa shape index (κ1) is 21.8. The highest BCUT2D eigenvalue weighted by atomic mass is 16.5. The molecule has 7 nitrogen and oxygen atoms in total. The molecular weight excluding hydrogens is 360 g/mol. The Bertz CT molecular complexity index is 519. The number of hydrogen-bond donors (Lipinski definition) is 1. The Labute approximate surface area is 169 Å². The second-order valence-electron chi connectivity index (χ2n) is 8.67. The number of nitrogens with one attached hydrogen (secondary N) is 1. The van der Waals surface area contributed by atoms with E-state index in [-0.39, 0.29) is 42.5 Å². The fourth-order valence-electron chi connectivity index (χ4n) is 5.69. The van der Waals surface area contributed by atoms with E-state index in [9.17, 15) is 4.79 Å². The summed E-state index contributed by atoms with van der Waals surface area (Å²) in [6, 6.07) is 0.414. The maximum absolute atomic E-state index is 13.1. The van der Waals surface area contributed by atoms with E-state index >= 15 is 0 Å². The molecule has 2 saturated carbocycles. The van der Waals surface area contributed by atoms with Crippen molar-refractivity contribution in [2.75, 3.05) is 35.0 Å². The highest BCUT2D eigenvalue weighted by molar-refractivity contribution is 5.75. The maximum atomic E-state index is 13.1. The van der Waals surface area contributed by atoms with Gasteiger partial charge in [0.05, 0.1) is 24.4 Å². The zero-order valence-electron chi connectivity index (χ0n) is 18.1. The molecule has 28 heavy (non-hydrogen) atoms. The van der Waals surface area contributed by atoms with Gasteiger partial charge in [-0.05, 0) is 57.3 Å². The number of methoxy groups -OCH3 is 4. The number of rotatable bonds is 5. The van der Waals surface area contributed by atoms with Gasteiger partial charge in [-0.15, -0.1) is 0 Å². The Kier molecular flexibility index (Phi) is 7.59. The standard InChI is InChI=1S/C21H38N2O5/c1-13-16-12-20(28-5)18(26-3)10-14(16)8-9-23(13)21(24)22-15-6-7-17(25-2)19(11-15)27-4/h13-20H,6-12H2,1-5H3,(H,22,24)/t13-,14?,15?,16?,17?,18?,19?,20?/m1/s1. The smallest absolute Gasteiger partial charge is 0.317 e. The fraction of sp³-hybridized carbons (Fsp3) is 0.952. The Morgan fingerprint density at radius 2 is 1.43 bits per heavy atom. The van der Waals surface area contributed by atoms with Crippen molar-refractivity contribution >= 4 is 6.03 Å². The molecular formula is C21H38N2O5. The van der Waals surface area contributed by atoms with Gasteiger partial charge >= 0.3 is 6.03 Å². The number of amides is 2. The normalized spacial score (nSPS) is 41.4. The summed E-state index contributed by atoms with van der Waals surface area (Å²) in [5, 5.41) is 3.26. The summed E-state index contributed by atoms with van der Waals surface area (Å²) in [5.74, 6) is 1.07. The Morgan fingerprint density at radius 3 is 2.07 bits per heavy atom. The van der Waals surface area contributed by atoms with Crippen LogP contribution in [0.2, 0.25) is 0 Å². The number of ether oxygens (including phenoxy) is 4. The number of hydrogen-bond acceptors (Lipinski definition) is 5. The van der Waals surface area contributed by atoms with Crippen LogP contribution < -0.4 is 5.32 Å². The lowest BCUT2D eigenvalue weighted by Crippen LogP contribution is -2.59. The summed E-state index contributed by atoms with van der Waals surface area (Å²) < 4.78 is 22.4. The molecule has 3 rings (SSSR count). The van der Waals surface area contributed by atoms with Crippen molar-refractivity contribution in [3.05, 3.63) is 0 Å². The van der Waals surface area contributed by atoms with Gasteiger partial charge in [-0.2, -0.15) is 0 Å². The number of carbonyl (C=O) groups excluding carboxylic acids is 1. The Hall–Kier alpha value is -0.890. The minimum Gasteiger partial charge on any atom is -0.379 e. The van der Waals surface area contributed by atoms with Crippen LogP contribution in [0.5, 0.6) is 0 Å². The van der Waals surface area contributed by atoms with Crippen molar-refractivity contribution in [3.8, 4) is 0 Å². The first-order chi connectivity index (χ1) is 13.5. The number of fused-ring (bicyclic) bond motifs is 1. The quantitative estimate of drug-likeness (QED) is 0.770. The topological polar surface area (TPSA) is 69.3 Å². The lowest BCUT2D eigenvalue weighted by Gasteiger charge is -2.50.